The third kappa shape index (κ3) is 10.6. The zero-order chi connectivity index (χ0) is 37.0. The number of nitrogens with zero attached hydrogens (tertiary/aromatic N) is 2. The van der Waals surface area contributed by atoms with Gasteiger partial charge in [-0.1, -0.05) is 37.8 Å². The number of hydrogen-bond donors (Lipinski definition) is 2. The van der Waals surface area contributed by atoms with Crippen molar-refractivity contribution in [2.24, 2.45) is 0 Å². The van der Waals surface area contributed by atoms with Gasteiger partial charge >= 0.3 is 0 Å². The minimum atomic E-state index is 0.0276. The Morgan fingerprint density at radius 3 is 1.37 bits per heavy atom. The molecule has 0 bridgehead atoms. The zero-order valence-electron chi connectivity index (χ0n) is 31.3. The van der Waals surface area contributed by atoms with Crippen molar-refractivity contribution in [1.82, 2.24) is 9.80 Å². The first-order chi connectivity index (χ1) is 26.6. The molecule has 4 aromatic carbocycles. The Labute approximate surface area is 320 Å². The molecule has 54 heavy (non-hydrogen) atoms. The zero-order valence-corrected chi connectivity index (χ0v) is 31.3. The summed E-state index contributed by atoms with van der Waals surface area (Å²) in [6.45, 7) is 4.20. The van der Waals surface area contributed by atoms with Crippen LogP contribution in [0.5, 0.6) is 23.0 Å². The molecular formula is C45H54N4O5. The Kier molecular flexibility index (Phi) is 13.0. The highest BCUT2D eigenvalue weighted by molar-refractivity contribution is 5.95. The normalized spacial score (nSPS) is 17.7. The second-order valence-electron chi connectivity index (χ2n) is 14.8. The van der Waals surface area contributed by atoms with Crippen LogP contribution in [0.3, 0.4) is 0 Å². The second-order valence-corrected chi connectivity index (χ2v) is 14.8. The topological polar surface area (TPSA) is 92.4 Å². The van der Waals surface area contributed by atoms with Crippen molar-refractivity contribution in [2.75, 3.05) is 50.0 Å². The maximum absolute atomic E-state index is 12.7. The van der Waals surface area contributed by atoms with Crippen LogP contribution in [0.1, 0.15) is 91.3 Å². The SMILES string of the molecule is O=C(c1cccc(Oc2ccc(NC3CCCC3)cc2)c1)N1CCCCC1.O=C(c1cccc(Oc2ccc(NC3CCCC3)cc2)c1)N1CCOCC1. The molecule has 4 fully saturated rings. The van der Waals surface area contributed by atoms with Crippen LogP contribution < -0.4 is 20.1 Å². The molecule has 0 atom stereocenters. The monoisotopic (exact) mass is 730 g/mol. The Balaban J connectivity index is 0.000000167. The van der Waals surface area contributed by atoms with Gasteiger partial charge in [0, 0.05) is 60.8 Å². The first kappa shape index (κ1) is 37.3. The summed E-state index contributed by atoms with van der Waals surface area (Å²) in [6.07, 6.45) is 13.7. The second kappa shape index (κ2) is 18.8. The van der Waals surface area contributed by atoms with Crippen molar-refractivity contribution >= 4 is 23.2 Å². The van der Waals surface area contributed by atoms with Crippen molar-refractivity contribution in [3.05, 3.63) is 108 Å². The van der Waals surface area contributed by atoms with Crippen LogP contribution in [-0.2, 0) is 4.74 Å². The summed E-state index contributed by atoms with van der Waals surface area (Å²) in [7, 11) is 0. The predicted octanol–water partition coefficient (Wildman–Crippen LogP) is 9.77. The molecule has 4 aliphatic rings. The van der Waals surface area contributed by atoms with Gasteiger partial charge in [-0.25, -0.2) is 0 Å². The summed E-state index contributed by atoms with van der Waals surface area (Å²) < 4.78 is 17.3. The van der Waals surface area contributed by atoms with Gasteiger partial charge in [-0.05, 0) is 130 Å². The number of anilines is 2. The maximum Gasteiger partial charge on any atom is 0.254 e. The minimum absolute atomic E-state index is 0.0276. The maximum atomic E-state index is 12.7. The van der Waals surface area contributed by atoms with E-state index < -0.39 is 0 Å². The summed E-state index contributed by atoms with van der Waals surface area (Å²) in [5.41, 5.74) is 3.62. The molecule has 2 saturated heterocycles. The van der Waals surface area contributed by atoms with Crippen LogP contribution in [0.25, 0.3) is 0 Å². The van der Waals surface area contributed by atoms with E-state index >= 15 is 0 Å². The number of nitrogens with one attached hydrogen (secondary N) is 2. The van der Waals surface area contributed by atoms with Crippen molar-refractivity contribution < 1.29 is 23.8 Å². The number of carbonyl (C=O) groups excluding carboxylic acids is 2. The van der Waals surface area contributed by atoms with Crippen molar-refractivity contribution in [1.29, 1.82) is 0 Å². The first-order valence-corrected chi connectivity index (χ1v) is 20.0. The van der Waals surface area contributed by atoms with Crippen LogP contribution >= 0.6 is 0 Å². The molecule has 0 radical (unpaired) electrons. The molecule has 284 valence electrons. The summed E-state index contributed by atoms with van der Waals surface area (Å²) in [6, 6.07) is 32.2. The molecule has 0 spiro atoms. The number of hydrogen-bond acceptors (Lipinski definition) is 7. The number of amides is 2. The Hall–Kier alpha value is -5.02. The lowest BCUT2D eigenvalue weighted by Gasteiger charge is -2.27. The fourth-order valence-electron chi connectivity index (χ4n) is 7.74. The number of ether oxygens (including phenoxy) is 3. The standard InChI is InChI=1S/C23H28N2O2.C22H26N2O3/c26-23(25-15-4-1-5-16-25)18-7-6-10-22(17-18)27-21-13-11-20(12-14-21)24-19-8-2-3-9-19;25-22(24-12-14-26-15-13-24)17-4-3-7-21(16-17)27-20-10-8-19(9-11-20)23-18-5-1-2-6-18/h6-7,10-14,17,19,24H,1-5,8-9,15-16H2;3-4,7-11,16,18,23H,1-2,5-6,12-15H2. The van der Waals surface area contributed by atoms with Gasteiger partial charge in [-0.15, -0.1) is 0 Å². The molecule has 2 heterocycles. The fraction of sp³-hybridized carbons (Fsp3) is 0.422. The number of morpholine rings is 1. The first-order valence-electron chi connectivity index (χ1n) is 20.0. The van der Waals surface area contributed by atoms with Gasteiger partial charge in [0.1, 0.15) is 23.0 Å². The van der Waals surface area contributed by atoms with E-state index in [-0.39, 0.29) is 11.8 Å². The number of carbonyl (C=O) groups is 2. The molecule has 9 heteroatoms. The number of rotatable bonds is 10. The smallest absolute Gasteiger partial charge is 0.254 e. The van der Waals surface area contributed by atoms with E-state index in [0.29, 0.717) is 61.0 Å². The Morgan fingerprint density at radius 1 is 0.500 bits per heavy atom. The van der Waals surface area contributed by atoms with Crippen molar-refractivity contribution in [3.63, 3.8) is 0 Å². The summed E-state index contributed by atoms with van der Waals surface area (Å²) in [5, 5.41) is 7.16. The lowest BCUT2D eigenvalue weighted by Crippen LogP contribution is -2.40. The third-order valence-electron chi connectivity index (χ3n) is 10.7. The molecule has 2 aliphatic heterocycles. The van der Waals surface area contributed by atoms with E-state index in [1.165, 1.54) is 57.8 Å². The highest BCUT2D eigenvalue weighted by atomic mass is 16.5. The van der Waals surface area contributed by atoms with E-state index in [1.807, 2.05) is 82.6 Å². The fourth-order valence-corrected chi connectivity index (χ4v) is 7.74. The van der Waals surface area contributed by atoms with E-state index in [0.717, 1.165) is 48.8 Å². The average molecular weight is 731 g/mol. The molecule has 0 unspecified atom stereocenters. The van der Waals surface area contributed by atoms with Gasteiger partial charge in [-0.2, -0.15) is 0 Å². The Morgan fingerprint density at radius 2 is 0.926 bits per heavy atom. The lowest BCUT2D eigenvalue weighted by atomic mass is 10.1. The highest BCUT2D eigenvalue weighted by Gasteiger charge is 2.21. The van der Waals surface area contributed by atoms with Gasteiger partial charge in [-0.3, -0.25) is 9.59 Å². The largest absolute Gasteiger partial charge is 0.457 e. The van der Waals surface area contributed by atoms with Crippen LogP contribution in [0.2, 0.25) is 0 Å². The van der Waals surface area contributed by atoms with Crippen LogP contribution in [0.4, 0.5) is 11.4 Å². The predicted molar refractivity (Wildman–Crippen MR) is 214 cm³/mol. The number of benzene rings is 4. The molecule has 2 N–H and O–H groups in total. The van der Waals surface area contributed by atoms with Crippen molar-refractivity contribution in [2.45, 2.75) is 82.7 Å². The van der Waals surface area contributed by atoms with Crippen molar-refractivity contribution in [3.8, 4) is 23.0 Å². The van der Waals surface area contributed by atoms with Gasteiger partial charge in [0.2, 0.25) is 0 Å². The highest BCUT2D eigenvalue weighted by Crippen LogP contribution is 2.29. The third-order valence-corrected chi connectivity index (χ3v) is 10.7. The van der Waals surface area contributed by atoms with E-state index in [1.54, 1.807) is 0 Å². The van der Waals surface area contributed by atoms with Crippen LogP contribution in [0, 0.1) is 0 Å². The molecule has 4 aromatic rings. The van der Waals surface area contributed by atoms with Crippen LogP contribution in [0.15, 0.2) is 97.1 Å². The lowest BCUT2D eigenvalue weighted by molar-refractivity contribution is 0.0302. The molecular weight excluding hydrogens is 677 g/mol. The summed E-state index contributed by atoms with van der Waals surface area (Å²) in [5.74, 6) is 3.06. The average Bonchev–Trinajstić information content (AvgIpc) is 3.95. The molecule has 2 saturated carbocycles. The van der Waals surface area contributed by atoms with E-state index in [2.05, 4.69) is 34.9 Å². The summed E-state index contributed by atoms with van der Waals surface area (Å²) >= 11 is 0. The van der Waals surface area contributed by atoms with Gasteiger partial charge < -0.3 is 34.6 Å². The molecule has 2 amide bonds. The minimum Gasteiger partial charge on any atom is -0.457 e. The van der Waals surface area contributed by atoms with Crippen LogP contribution in [-0.4, -0.2) is 73.1 Å². The molecule has 8 rings (SSSR count). The van der Waals surface area contributed by atoms with E-state index in [4.69, 9.17) is 14.2 Å². The van der Waals surface area contributed by atoms with E-state index in [9.17, 15) is 9.59 Å². The number of piperidine rings is 1. The molecule has 2 aliphatic carbocycles. The Bertz CT molecular complexity index is 1660. The van der Waals surface area contributed by atoms with Gasteiger partial charge in [0.15, 0.2) is 0 Å². The summed E-state index contributed by atoms with van der Waals surface area (Å²) in [4.78, 5) is 29.1. The van der Waals surface area contributed by atoms with Gasteiger partial charge in [0.05, 0.1) is 13.2 Å². The number of likely N-dealkylation sites (tertiary alicyclic amines) is 1. The molecule has 9 nitrogen and oxygen atoms in total. The van der Waals surface area contributed by atoms with Gasteiger partial charge in [0.25, 0.3) is 11.8 Å². The molecule has 0 aromatic heterocycles. The quantitative estimate of drug-likeness (QED) is 0.168.